The van der Waals surface area contributed by atoms with Crippen molar-refractivity contribution in [1.29, 1.82) is 0 Å². The van der Waals surface area contributed by atoms with Gasteiger partial charge < -0.3 is 19.7 Å². The zero-order valence-electron chi connectivity index (χ0n) is 22.6. The smallest absolute Gasteiger partial charge is 0.258 e. The molecule has 6 rings (SSSR count). The molecule has 2 aromatic carbocycles. The third-order valence-corrected chi connectivity index (χ3v) is 7.88. The molecule has 2 aromatic heterocycles. The monoisotopic (exact) mass is 545 g/mol. The molecular weight excluding hydrogens is 514 g/mol. The number of piperidine rings is 1. The highest BCUT2D eigenvalue weighted by atomic mass is 16.2. The molecule has 0 saturated carbocycles. The molecule has 2 bridgehead atoms. The van der Waals surface area contributed by atoms with Gasteiger partial charge in [0.2, 0.25) is 0 Å². The van der Waals surface area contributed by atoms with Crippen molar-refractivity contribution in [2.75, 3.05) is 34.8 Å². The van der Waals surface area contributed by atoms with E-state index in [2.05, 4.69) is 21.8 Å². The Balaban J connectivity index is 1.36. The summed E-state index contributed by atoms with van der Waals surface area (Å²) < 4.78 is 1.90. The third kappa shape index (κ3) is 5.28. The maximum Gasteiger partial charge on any atom is 0.258 e. The Morgan fingerprint density at radius 1 is 0.951 bits per heavy atom. The first kappa shape index (κ1) is 26.3. The number of pyridine rings is 2. The van der Waals surface area contributed by atoms with Crippen molar-refractivity contribution in [3.63, 3.8) is 0 Å². The summed E-state index contributed by atoms with van der Waals surface area (Å²) in [6.45, 7) is 6.30. The summed E-state index contributed by atoms with van der Waals surface area (Å²) in [7, 11) is 0. The lowest BCUT2D eigenvalue weighted by atomic mass is 9.83. The Hall–Kier alpha value is -4.98. The summed E-state index contributed by atoms with van der Waals surface area (Å²) in [5.41, 5.74) is 4.20. The second kappa shape index (κ2) is 11.3. The zero-order valence-corrected chi connectivity index (χ0v) is 22.6. The van der Waals surface area contributed by atoms with Crippen LogP contribution < -0.4 is 20.7 Å². The third-order valence-electron chi connectivity index (χ3n) is 7.88. The summed E-state index contributed by atoms with van der Waals surface area (Å²) >= 11 is 0. The van der Waals surface area contributed by atoms with Crippen molar-refractivity contribution >= 4 is 28.9 Å². The summed E-state index contributed by atoms with van der Waals surface area (Å²) in [6, 6.07) is 23.8. The number of rotatable bonds is 7. The minimum Gasteiger partial charge on any atom is -0.369 e. The number of aromatic nitrogens is 2. The van der Waals surface area contributed by atoms with E-state index in [0.29, 0.717) is 42.4 Å². The molecule has 0 radical (unpaired) electrons. The van der Waals surface area contributed by atoms with Crippen LogP contribution in [0.15, 0.2) is 109 Å². The van der Waals surface area contributed by atoms with Gasteiger partial charge in [-0.25, -0.2) is 0 Å². The number of carbonyl (C=O) groups excluding carboxylic acids is 2. The van der Waals surface area contributed by atoms with Gasteiger partial charge in [-0.15, -0.1) is 6.58 Å². The molecule has 0 aliphatic carbocycles. The molecule has 2 aliphatic rings. The van der Waals surface area contributed by atoms with Crippen molar-refractivity contribution < 1.29 is 9.59 Å². The van der Waals surface area contributed by atoms with E-state index in [-0.39, 0.29) is 23.3 Å². The van der Waals surface area contributed by atoms with Crippen LogP contribution in [0.3, 0.4) is 0 Å². The summed E-state index contributed by atoms with van der Waals surface area (Å²) in [5.74, 6) is 0.0272. The molecule has 4 aromatic rings. The van der Waals surface area contributed by atoms with Crippen LogP contribution in [0.4, 0.5) is 17.1 Å². The molecule has 0 spiro atoms. The van der Waals surface area contributed by atoms with E-state index in [1.807, 2.05) is 59.2 Å². The van der Waals surface area contributed by atoms with Crippen LogP contribution in [-0.4, -0.2) is 41.0 Å². The molecule has 4 heterocycles. The van der Waals surface area contributed by atoms with Crippen LogP contribution in [0.5, 0.6) is 0 Å². The quantitative estimate of drug-likeness (QED) is 0.332. The molecule has 2 atom stereocenters. The molecule has 1 N–H and O–H groups in total. The van der Waals surface area contributed by atoms with Crippen molar-refractivity contribution in [1.82, 2.24) is 9.55 Å². The highest BCUT2D eigenvalue weighted by molar-refractivity contribution is 6.10. The van der Waals surface area contributed by atoms with E-state index < -0.39 is 0 Å². The van der Waals surface area contributed by atoms with E-state index in [1.165, 1.54) is 0 Å². The van der Waals surface area contributed by atoms with E-state index >= 15 is 0 Å². The van der Waals surface area contributed by atoms with Gasteiger partial charge in [-0.2, -0.15) is 0 Å². The zero-order chi connectivity index (χ0) is 28.3. The minimum absolute atomic E-state index is 0.0429. The number of hydrogen-bond acceptors (Lipinski definition) is 5. The fourth-order valence-electron chi connectivity index (χ4n) is 6.03. The SMILES string of the molecule is C=CCN(C(=O)c1ccc(N2C[C@H]3C[C@@H](C2)c2cccc(=O)n2C3)c(NC(=O)c2ccncc2)c1)c1ccccc1. The average Bonchev–Trinajstić information content (AvgIpc) is 3.01. The van der Waals surface area contributed by atoms with Gasteiger partial charge >= 0.3 is 0 Å². The van der Waals surface area contributed by atoms with Crippen LogP contribution >= 0.6 is 0 Å². The fourth-order valence-corrected chi connectivity index (χ4v) is 6.03. The van der Waals surface area contributed by atoms with Gasteiger partial charge in [0.15, 0.2) is 0 Å². The average molecular weight is 546 g/mol. The number of hydrogen-bond donors (Lipinski definition) is 1. The highest BCUT2D eigenvalue weighted by Gasteiger charge is 2.35. The molecule has 8 nitrogen and oxygen atoms in total. The maximum absolute atomic E-state index is 13.8. The highest BCUT2D eigenvalue weighted by Crippen LogP contribution is 2.39. The van der Waals surface area contributed by atoms with E-state index in [0.717, 1.165) is 30.0 Å². The van der Waals surface area contributed by atoms with Crippen LogP contribution in [-0.2, 0) is 6.54 Å². The first-order chi connectivity index (χ1) is 20.0. The number of amides is 2. The van der Waals surface area contributed by atoms with E-state index in [4.69, 9.17) is 0 Å². The van der Waals surface area contributed by atoms with Crippen LogP contribution in [0.25, 0.3) is 0 Å². The van der Waals surface area contributed by atoms with Gasteiger partial charge in [0.25, 0.3) is 17.4 Å². The molecule has 41 heavy (non-hydrogen) atoms. The lowest BCUT2D eigenvalue weighted by Gasteiger charge is -2.44. The van der Waals surface area contributed by atoms with Crippen molar-refractivity contribution in [2.24, 2.45) is 5.92 Å². The van der Waals surface area contributed by atoms with Crippen molar-refractivity contribution in [2.45, 2.75) is 18.9 Å². The first-order valence-corrected chi connectivity index (χ1v) is 13.8. The number of anilines is 3. The van der Waals surface area contributed by atoms with Crippen LogP contribution in [0, 0.1) is 5.92 Å². The van der Waals surface area contributed by atoms with Crippen molar-refractivity contribution in [3.05, 3.63) is 131 Å². The predicted molar refractivity (Wildman–Crippen MR) is 161 cm³/mol. The standard InChI is InChI=1S/C33H31N5O3/c1-2-17-37(27-7-4-3-5-8-27)33(41)25-11-12-30(28(19-25)35-32(40)24-13-15-34-16-14-24)36-20-23-18-26(22-36)29-9-6-10-31(39)38(29)21-23/h2-16,19,23,26H,1,17-18,20-22H2,(H,35,40)/t23-,26+/m1/s1. The van der Waals surface area contributed by atoms with Gasteiger partial charge in [0, 0.05) is 73.1 Å². The second-order valence-corrected chi connectivity index (χ2v) is 10.6. The van der Waals surface area contributed by atoms with Crippen molar-refractivity contribution in [3.8, 4) is 0 Å². The Labute approximate surface area is 238 Å². The Bertz CT molecular complexity index is 1650. The number of nitrogens with one attached hydrogen (secondary N) is 1. The first-order valence-electron chi connectivity index (χ1n) is 13.8. The number of nitrogens with zero attached hydrogens (tertiary/aromatic N) is 4. The minimum atomic E-state index is -0.279. The maximum atomic E-state index is 13.8. The molecule has 8 heteroatoms. The van der Waals surface area contributed by atoms with Crippen LogP contribution in [0.2, 0.25) is 0 Å². The summed E-state index contributed by atoms with van der Waals surface area (Å²) in [4.78, 5) is 47.5. The molecule has 1 saturated heterocycles. The summed E-state index contributed by atoms with van der Waals surface area (Å²) in [5, 5.41) is 3.07. The Morgan fingerprint density at radius 3 is 2.54 bits per heavy atom. The topological polar surface area (TPSA) is 87.5 Å². The fraction of sp³-hybridized carbons (Fsp3) is 0.212. The molecule has 206 valence electrons. The van der Waals surface area contributed by atoms with Gasteiger partial charge in [-0.3, -0.25) is 19.4 Å². The van der Waals surface area contributed by atoms with Crippen LogP contribution in [0.1, 0.15) is 38.7 Å². The normalized spacial score (nSPS) is 17.3. The Morgan fingerprint density at radius 2 is 1.76 bits per heavy atom. The van der Waals surface area contributed by atoms with Gasteiger partial charge in [-0.05, 0) is 60.9 Å². The van der Waals surface area contributed by atoms with E-state index in [1.54, 1.807) is 47.6 Å². The molecular formula is C33H31N5O3. The van der Waals surface area contributed by atoms with Gasteiger partial charge in [0.1, 0.15) is 0 Å². The number of benzene rings is 2. The lowest BCUT2D eigenvalue weighted by Crippen LogP contribution is -2.47. The largest absolute Gasteiger partial charge is 0.369 e. The molecule has 2 amide bonds. The number of fused-ring (bicyclic) bond motifs is 4. The number of carbonyl (C=O) groups is 2. The lowest BCUT2D eigenvalue weighted by molar-refractivity contribution is 0.0987. The Kier molecular flexibility index (Phi) is 7.20. The van der Waals surface area contributed by atoms with E-state index in [9.17, 15) is 14.4 Å². The van der Waals surface area contributed by atoms with Gasteiger partial charge in [-0.1, -0.05) is 30.3 Å². The molecule has 1 fully saturated rings. The molecule has 0 unspecified atom stereocenters. The second-order valence-electron chi connectivity index (χ2n) is 10.6. The molecule has 2 aliphatic heterocycles. The van der Waals surface area contributed by atoms with Gasteiger partial charge in [0.05, 0.1) is 11.4 Å². The predicted octanol–water partition coefficient (Wildman–Crippen LogP) is 4.95. The summed E-state index contributed by atoms with van der Waals surface area (Å²) in [6.07, 6.45) is 5.87. The number of para-hydroxylation sites is 1.